The van der Waals surface area contributed by atoms with E-state index in [0.717, 1.165) is 26.2 Å². The Hall–Kier alpha value is -1.44. The average molecular weight is 262 g/mol. The predicted molar refractivity (Wildman–Crippen MR) is 71.0 cm³/mol. The summed E-state index contributed by atoms with van der Waals surface area (Å²) in [7, 11) is 1.98. The summed E-state index contributed by atoms with van der Waals surface area (Å²) in [5.74, 6) is 0.284. The fraction of sp³-hybridized carbons (Fsp3) is 0.533. The molecule has 0 N–H and O–H groups in total. The number of benzene rings is 1. The molecule has 1 atom stereocenters. The van der Waals surface area contributed by atoms with Crippen LogP contribution in [0.25, 0.3) is 0 Å². The van der Waals surface area contributed by atoms with E-state index in [0.29, 0.717) is 23.6 Å². The van der Waals surface area contributed by atoms with E-state index in [1.165, 1.54) is 18.6 Å². The largest absolute Gasteiger partial charge is 0.381 e. The van der Waals surface area contributed by atoms with Crippen LogP contribution in [0.3, 0.4) is 0 Å². The Morgan fingerprint density at radius 2 is 2.37 bits per heavy atom. The summed E-state index contributed by atoms with van der Waals surface area (Å²) in [5.41, 5.74) is 1.09. The van der Waals surface area contributed by atoms with Crippen LogP contribution in [-0.4, -0.2) is 31.7 Å². The van der Waals surface area contributed by atoms with Crippen LogP contribution >= 0.6 is 0 Å². The molecule has 1 aromatic carbocycles. The normalized spacial score (nSPS) is 19.4. The SMILES string of the molecule is CN(Cc1cc(C#N)ccc1F)CC1CCCOC1. The van der Waals surface area contributed by atoms with Gasteiger partial charge < -0.3 is 9.64 Å². The first-order chi connectivity index (χ1) is 9.19. The molecule has 1 unspecified atom stereocenters. The van der Waals surface area contributed by atoms with Crippen LogP contribution in [-0.2, 0) is 11.3 Å². The Kier molecular flexibility index (Phi) is 4.89. The molecule has 2 rings (SSSR count). The van der Waals surface area contributed by atoms with Crippen molar-refractivity contribution in [1.29, 1.82) is 5.26 Å². The van der Waals surface area contributed by atoms with Gasteiger partial charge in [-0.25, -0.2) is 4.39 Å². The molecule has 1 aromatic rings. The van der Waals surface area contributed by atoms with E-state index >= 15 is 0 Å². The molecule has 0 aromatic heterocycles. The van der Waals surface area contributed by atoms with E-state index in [4.69, 9.17) is 10.00 Å². The van der Waals surface area contributed by atoms with Crippen molar-refractivity contribution in [3.8, 4) is 6.07 Å². The summed E-state index contributed by atoms with van der Waals surface area (Å²) in [4.78, 5) is 2.10. The van der Waals surface area contributed by atoms with Crippen molar-refractivity contribution >= 4 is 0 Å². The second-order valence-corrected chi connectivity index (χ2v) is 5.20. The molecule has 1 heterocycles. The van der Waals surface area contributed by atoms with Gasteiger partial charge in [0.2, 0.25) is 0 Å². The molecule has 1 saturated heterocycles. The van der Waals surface area contributed by atoms with Gasteiger partial charge in [-0.3, -0.25) is 0 Å². The molecule has 3 nitrogen and oxygen atoms in total. The molecular weight excluding hydrogens is 243 g/mol. The highest BCUT2D eigenvalue weighted by molar-refractivity contribution is 5.33. The van der Waals surface area contributed by atoms with E-state index in [1.807, 2.05) is 13.1 Å². The summed E-state index contributed by atoms with van der Waals surface area (Å²) >= 11 is 0. The van der Waals surface area contributed by atoms with Crippen LogP contribution in [0.1, 0.15) is 24.0 Å². The molecule has 1 fully saturated rings. The van der Waals surface area contributed by atoms with Gasteiger partial charge in [0.25, 0.3) is 0 Å². The van der Waals surface area contributed by atoms with Crippen molar-refractivity contribution in [2.75, 3.05) is 26.8 Å². The predicted octanol–water partition coefficient (Wildman–Crippen LogP) is 2.56. The number of rotatable bonds is 4. The van der Waals surface area contributed by atoms with Crippen LogP contribution in [0.5, 0.6) is 0 Å². The van der Waals surface area contributed by atoms with Crippen LogP contribution in [0.15, 0.2) is 18.2 Å². The summed E-state index contributed by atoms with van der Waals surface area (Å²) < 4.78 is 19.1. The van der Waals surface area contributed by atoms with Crippen molar-refractivity contribution in [2.24, 2.45) is 5.92 Å². The maximum Gasteiger partial charge on any atom is 0.127 e. The van der Waals surface area contributed by atoms with Gasteiger partial charge in [-0.1, -0.05) is 0 Å². The minimum Gasteiger partial charge on any atom is -0.381 e. The molecule has 0 aliphatic carbocycles. The van der Waals surface area contributed by atoms with Crippen LogP contribution < -0.4 is 0 Å². The number of nitrogens with zero attached hydrogens (tertiary/aromatic N) is 2. The topological polar surface area (TPSA) is 36.3 Å². The lowest BCUT2D eigenvalue weighted by Gasteiger charge is -2.27. The second kappa shape index (κ2) is 6.65. The third-order valence-corrected chi connectivity index (χ3v) is 3.44. The lowest BCUT2D eigenvalue weighted by molar-refractivity contribution is 0.0410. The Morgan fingerprint density at radius 3 is 3.05 bits per heavy atom. The number of halogens is 1. The Bertz CT molecular complexity index is 464. The third kappa shape index (κ3) is 4.02. The second-order valence-electron chi connectivity index (χ2n) is 5.20. The standard InChI is InChI=1S/C15H19FN2O/c1-18(9-13-3-2-6-19-11-13)10-14-7-12(8-17)4-5-15(14)16/h4-5,7,13H,2-3,6,9-11H2,1H3. The number of hydrogen-bond acceptors (Lipinski definition) is 3. The molecule has 0 bridgehead atoms. The van der Waals surface area contributed by atoms with Gasteiger partial charge >= 0.3 is 0 Å². The highest BCUT2D eigenvalue weighted by Gasteiger charge is 2.16. The van der Waals surface area contributed by atoms with E-state index < -0.39 is 0 Å². The zero-order valence-electron chi connectivity index (χ0n) is 11.2. The molecule has 0 saturated carbocycles. The van der Waals surface area contributed by atoms with Crippen molar-refractivity contribution in [3.05, 3.63) is 35.1 Å². The first-order valence-corrected chi connectivity index (χ1v) is 6.64. The number of nitriles is 1. The van der Waals surface area contributed by atoms with Gasteiger partial charge in [-0.15, -0.1) is 0 Å². The quantitative estimate of drug-likeness (QED) is 0.836. The Labute approximate surface area is 113 Å². The third-order valence-electron chi connectivity index (χ3n) is 3.44. The Balaban J connectivity index is 1.94. The molecule has 1 aliphatic heterocycles. The fourth-order valence-corrected chi connectivity index (χ4v) is 2.51. The molecule has 0 spiro atoms. The van der Waals surface area contributed by atoms with Gasteiger partial charge in [-0.05, 0) is 44.0 Å². The first kappa shape index (κ1) is 14.0. The Morgan fingerprint density at radius 1 is 1.53 bits per heavy atom. The van der Waals surface area contributed by atoms with Gasteiger partial charge in [-0.2, -0.15) is 5.26 Å². The maximum atomic E-state index is 13.7. The lowest BCUT2D eigenvalue weighted by Crippen LogP contribution is -2.30. The highest BCUT2D eigenvalue weighted by Crippen LogP contribution is 2.17. The molecular formula is C15H19FN2O. The van der Waals surface area contributed by atoms with E-state index in [9.17, 15) is 4.39 Å². The summed E-state index contributed by atoms with van der Waals surface area (Å²) in [6.45, 7) is 3.08. The van der Waals surface area contributed by atoms with Crippen molar-refractivity contribution in [1.82, 2.24) is 4.90 Å². The first-order valence-electron chi connectivity index (χ1n) is 6.64. The summed E-state index contributed by atoms with van der Waals surface area (Å²) in [6.07, 6.45) is 2.28. The number of ether oxygens (including phenoxy) is 1. The smallest absolute Gasteiger partial charge is 0.127 e. The monoisotopic (exact) mass is 262 g/mol. The van der Waals surface area contributed by atoms with Gasteiger partial charge in [0.05, 0.1) is 18.2 Å². The molecule has 0 amide bonds. The van der Waals surface area contributed by atoms with Crippen molar-refractivity contribution in [2.45, 2.75) is 19.4 Å². The zero-order chi connectivity index (χ0) is 13.7. The van der Waals surface area contributed by atoms with E-state index in [1.54, 1.807) is 6.07 Å². The molecule has 4 heteroatoms. The van der Waals surface area contributed by atoms with Gasteiger partial charge in [0.15, 0.2) is 0 Å². The van der Waals surface area contributed by atoms with E-state index in [2.05, 4.69) is 4.90 Å². The molecule has 0 radical (unpaired) electrons. The average Bonchev–Trinajstić information content (AvgIpc) is 2.42. The van der Waals surface area contributed by atoms with Gasteiger partial charge in [0, 0.05) is 25.3 Å². The minimum atomic E-state index is -0.245. The minimum absolute atomic E-state index is 0.245. The van der Waals surface area contributed by atoms with Crippen molar-refractivity contribution in [3.63, 3.8) is 0 Å². The van der Waals surface area contributed by atoms with Crippen LogP contribution in [0.4, 0.5) is 4.39 Å². The van der Waals surface area contributed by atoms with E-state index in [-0.39, 0.29) is 5.82 Å². The van der Waals surface area contributed by atoms with Gasteiger partial charge in [0.1, 0.15) is 5.82 Å². The summed E-state index contributed by atoms with van der Waals surface area (Å²) in [5, 5.41) is 8.85. The summed E-state index contributed by atoms with van der Waals surface area (Å²) in [6, 6.07) is 6.55. The zero-order valence-corrected chi connectivity index (χ0v) is 11.2. The molecule has 19 heavy (non-hydrogen) atoms. The highest BCUT2D eigenvalue weighted by atomic mass is 19.1. The lowest BCUT2D eigenvalue weighted by atomic mass is 10.0. The van der Waals surface area contributed by atoms with Crippen LogP contribution in [0, 0.1) is 23.1 Å². The number of hydrogen-bond donors (Lipinski definition) is 0. The molecule has 1 aliphatic rings. The van der Waals surface area contributed by atoms with Crippen molar-refractivity contribution < 1.29 is 9.13 Å². The fourth-order valence-electron chi connectivity index (χ4n) is 2.51. The molecule has 102 valence electrons. The van der Waals surface area contributed by atoms with Crippen LogP contribution in [0.2, 0.25) is 0 Å². The maximum absolute atomic E-state index is 13.7.